The van der Waals surface area contributed by atoms with Crippen LogP contribution in [-0.4, -0.2) is 14.5 Å². The molecule has 0 aliphatic rings. The molecule has 3 nitrogen and oxygen atoms in total. The second-order valence-corrected chi connectivity index (χ2v) is 5.50. The smallest absolute Gasteiger partial charge is 0.165 e. The number of benzene rings is 1. The van der Waals surface area contributed by atoms with E-state index in [4.69, 9.17) is 34.8 Å². The van der Waals surface area contributed by atoms with Crippen LogP contribution in [0.25, 0.3) is 16.9 Å². The number of rotatable bonds is 2. The van der Waals surface area contributed by atoms with E-state index < -0.39 is 0 Å². The Bertz CT molecular complexity index is 796. The second kappa shape index (κ2) is 5.24. The van der Waals surface area contributed by atoms with Crippen molar-refractivity contribution in [2.45, 2.75) is 12.8 Å². The van der Waals surface area contributed by atoms with E-state index >= 15 is 0 Å². The Hall–Kier alpha value is -1.29. The molecular weight excluding hydrogens is 317 g/mol. The summed E-state index contributed by atoms with van der Waals surface area (Å²) in [5.74, 6) is 0.970. The number of pyridine rings is 1. The first kappa shape index (κ1) is 13.7. The maximum atomic E-state index is 6.29. The molecule has 2 aromatic heterocycles. The second-order valence-electron chi connectivity index (χ2n) is 4.39. The highest BCUT2D eigenvalue weighted by molar-refractivity contribution is 6.35. The highest BCUT2D eigenvalue weighted by Crippen LogP contribution is 2.29. The van der Waals surface area contributed by atoms with Gasteiger partial charge in [-0.15, -0.1) is 11.6 Å². The lowest BCUT2D eigenvalue weighted by Crippen LogP contribution is -2.01. The van der Waals surface area contributed by atoms with Crippen molar-refractivity contribution in [2.24, 2.45) is 0 Å². The van der Waals surface area contributed by atoms with Gasteiger partial charge in [-0.1, -0.05) is 23.2 Å². The fourth-order valence-electron chi connectivity index (χ4n) is 2.10. The van der Waals surface area contributed by atoms with Crippen molar-refractivity contribution in [2.75, 3.05) is 0 Å². The predicted octanol–water partition coefficient (Wildman–Crippen LogP) is 4.77. The average molecular weight is 327 g/mol. The van der Waals surface area contributed by atoms with Crippen LogP contribution in [0.15, 0.2) is 30.3 Å². The summed E-state index contributed by atoms with van der Waals surface area (Å²) < 4.78 is 1.87. The molecule has 0 aliphatic heterocycles. The van der Waals surface area contributed by atoms with E-state index in [0.717, 1.165) is 22.5 Å². The Balaban J connectivity index is 2.36. The summed E-state index contributed by atoms with van der Waals surface area (Å²) in [6.07, 6.45) is 0. The average Bonchev–Trinajstić information content (AvgIpc) is 2.76. The highest BCUT2D eigenvalue weighted by Gasteiger charge is 2.15. The van der Waals surface area contributed by atoms with Crippen molar-refractivity contribution in [3.63, 3.8) is 0 Å². The van der Waals surface area contributed by atoms with Crippen LogP contribution in [0.2, 0.25) is 10.0 Å². The summed E-state index contributed by atoms with van der Waals surface area (Å²) in [6, 6.07) is 9.15. The SMILES string of the molecule is Cc1ccc2nc(CCl)n(-c3ccc(Cl)cc3Cl)c2n1. The van der Waals surface area contributed by atoms with Crippen molar-refractivity contribution < 1.29 is 0 Å². The lowest BCUT2D eigenvalue weighted by atomic mass is 10.3. The van der Waals surface area contributed by atoms with Gasteiger partial charge in [0.25, 0.3) is 0 Å². The van der Waals surface area contributed by atoms with Crippen molar-refractivity contribution >= 4 is 46.0 Å². The zero-order chi connectivity index (χ0) is 14.3. The number of hydrogen-bond donors (Lipinski definition) is 0. The number of aryl methyl sites for hydroxylation is 1. The molecule has 0 amide bonds. The minimum Gasteiger partial charge on any atom is -0.278 e. The van der Waals surface area contributed by atoms with Gasteiger partial charge in [0, 0.05) is 10.7 Å². The van der Waals surface area contributed by atoms with Gasteiger partial charge in [-0.05, 0) is 37.3 Å². The Morgan fingerprint density at radius 2 is 1.90 bits per heavy atom. The van der Waals surface area contributed by atoms with Crippen LogP contribution in [0.5, 0.6) is 0 Å². The van der Waals surface area contributed by atoms with Gasteiger partial charge in [0.1, 0.15) is 11.3 Å². The number of halogens is 3. The van der Waals surface area contributed by atoms with Gasteiger partial charge in [0.15, 0.2) is 5.65 Å². The molecule has 0 unspecified atom stereocenters. The third-order valence-corrected chi connectivity index (χ3v) is 3.76. The van der Waals surface area contributed by atoms with E-state index in [1.165, 1.54) is 0 Å². The fraction of sp³-hybridized carbons (Fsp3) is 0.143. The number of aromatic nitrogens is 3. The molecule has 0 aliphatic carbocycles. The van der Waals surface area contributed by atoms with E-state index in [9.17, 15) is 0 Å². The lowest BCUT2D eigenvalue weighted by Gasteiger charge is -2.09. The molecule has 0 saturated heterocycles. The monoisotopic (exact) mass is 325 g/mol. The first-order valence-electron chi connectivity index (χ1n) is 5.96. The molecule has 6 heteroatoms. The normalized spacial score (nSPS) is 11.2. The van der Waals surface area contributed by atoms with Crippen LogP contribution in [0.4, 0.5) is 0 Å². The molecule has 0 fully saturated rings. The van der Waals surface area contributed by atoms with E-state index in [0.29, 0.717) is 15.9 Å². The molecule has 0 radical (unpaired) electrons. The van der Waals surface area contributed by atoms with Crippen LogP contribution in [0, 0.1) is 6.92 Å². The first-order valence-corrected chi connectivity index (χ1v) is 7.25. The summed E-state index contributed by atoms with van der Waals surface area (Å²) >= 11 is 18.2. The van der Waals surface area contributed by atoms with Crippen LogP contribution >= 0.6 is 34.8 Å². The molecular formula is C14H10Cl3N3. The lowest BCUT2D eigenvalue weighted by molar-refractivity contribution is 0.967. The molecule has 3 aromatic rings. The van der Waals surface area contributed by atoms with E-state index in [-0.39, 0.29) is 5.88 Å². The summed E-state index contributed by atoms with van der Waals surface area (Å²) in [6.45, 7) is 1.93. The topological polar surface area (TPSA) is 30.7 Å². The van der Waals surface area contributed by atoms with Crippen LogP contribution in [0.3, 0.4) is 0 Å². The molecule has 0 N–H and O–H groups in total. The minimum atomic E-state index is 0.272. The zero-order valence-electron chi connectivity index (χ0n) is 10.6. The van der Waals surface area contributed by atoms with Crippen molar-refractivity contribution in [3.8, 4) is 5.69 Å². The quantitative estimate of drug-likeness (QED) is 0.635. The maximum absolute atomic E-state index is 6.29. The van der Waals surface area contributed by atoms with Gasteiger partial charge < -0.3 is 0 Å². The molecule has 0 saturated carbocycles. The Morgan fingerprint density at radius 3 is 2.60 bits per heavy atom. The summed E-state index contributed by atoms with van der Waals surface area (Å²) in [4.78, 5) is 9.02. The van der Waals surface area contributed by atoms with E-state index in [1.807, 2.05) is 29.7 Å². The number of nitrogens with zero attached hydrogens (tertiary/aromatic N) is 3. The molecule has 0 spiro atoms. The van der Waals surface area contributed by atoms with Gasteiger partial charge >= 0.3 is 0 Å². The van der Waals surface area contributed by atoms with Crippen LogP contribution in [0.1, 0.15) is 11.5 Å². The highest BCUT2D eigenvalue weighted by atomic mass is 35.5. The number of alkyl halides is 1. The van der Waals surface area contributed by atoms with Crippen LogP contribution in [-0.2, 0) is 5.88 Å². The van der Waals surface area contributed by atoms with E-state index in [1.54, 1.807) is 12.1 Å². The molecule has 3 rings (SSSR count). The number of imidazole rings is 1. The van der Waals surface area contributed by atoms with Gasteiger partial charge in [-0.3, -0.25) is 4.57 Å². The molecule has 1 aromatic carbocycles. The Labute approximate surface area is 131 Å². The van der Waals surface area contributed by atoms with Gasteiger partial charge in [-0.25, -0.2) is 9.97 Å². The van der Waals surface area contributed by atoms with Gasteiger partial charge in [-0.2, -0.15) is 0 Å². The Kier molecular flexibility index (Phi) is 3.59. The van der Waals surface area contributed by atoms with Crippen LogP contribution < -0.4 is 0 Å². The minimum absolute atomic E-state index is 0.272. The standard InChI is InChI=1S/C14H10Cl3N3/c1-8-2-4-11-14(18-8)20(13(7-15)19-11)12-5-3-9(16)6-10(12)17/h2-6H,7H2,1H3. The Morgan fingerprint density at radius 1 is 1.10 bits per heavy atom. The third-order valence-electron chi connectivity index (χ3n) is 2.98. The van der Waals surface area contributed by atoms with Gasteiger partial charge in [0.05, 0.1) is 16.6 Å². The first-order chi connectivity index (χ1) is 9.60. The molecule has 2 heterocycles. The van der Waals surface area contributed by atoms with Crippen molar-refractivity contribution in [1.82, 2.24) is 14.5 Å². The van der Waals surface area contributed by atoms with Crippen molar-refractivity contribution in [3.05, 3.63) is 51.9 Å². The fourth-order valence-corrected chi connectivity index (χ4v) is 2.78. The number of hydrogen-bond acceptors (Lipinski definition) is 2. The predicted molar refractivity (Wildman–Crippen MR) is 83.2 cm³/mol. The zero-order valence-corrected chi connectivity index (χ0v) is 12.8. The molecule has 0 bridgehead atoms. The summed E-state index contributed by atoms with van der Waals surface area (Å²) in [7, 11) is 0. The summed E-state index contributed by atoms with van der Waals surface area (Å²) in [5, 5.41) is 1.12. The van der Waals surface area contributed by atoms with Crippen molar-refractivity contribution in [1.29, 1.82) is 0 Å². The largest absolute Gasteiger partial charge is 0.278 e. The molecule has 20 heavy (non-hydrogen) atoms. The maximum Gasteiger partial charge on any atom is 0.165 e. The van der Waals surface area contributed by atoms with Gasteiger partial charge in [0.2, 0.25) is 0 Å². The number of fused-ring (bicyclic) bond motifs is 1. The van der Waals surface area contributed by atoms with E-state index in [2.05, 4.69) is 9.97 Å². The molecule has 0 atom stereocenters. The summed E-state index contributed by atoms with van der Waals surface area (Å²) in [5.41, 5.74) is 3.21. The molecule has 102 valence electrons. The third kappa shape index (κ3) is 2.26.